The molecule has 4 rings (SSSR count). The zero-order valence-corrected chi connectivity index (χ0v) is 19.1. The minimum atomic E-state index is -1.93. The van der Waals surface area contributed by atoms with Gasteiger partial charge in [-0.1, -0.05) is 47.5 Å². The van der Waals surface area contributed by atoms with E-state index in [1.54, 1.807) is 24.3 Å². The van der Waals surface area contributed by atoms with Crippen LogP contribution in [0.25, 0.3) is 0 Å². The van der Waals surface area contributed by atoms with Gasteiger partial charge in [0.05, 0.1) is 6.04 Å². The van der Waals surface area contributed by atoms with Crippen LogP contribution in [0.15, 0.2) is 66.7 Å². The van der Waals surface area contributed by atoms with E-state index in [0.717, 1.165) is 23.3 Å². The summed E-state index contributed by atoms with van der Waals surface area (Å²) in [7, 11) is 0. The molecular formula is C25H21Cl2F2NO3. The van der Waals surface area contributed by atoms with Crippen molar-refractivity contribution in [3.63, 3.8) is 0 Å². The number of hydrogen-bond acceptors (Lipinski definition) is 3. The summed E-state index contributed by atoms with van der Waals surface area (Å²) in [4.78, 5) is 14.2. The largest absolute Gasteiger partial charge is 0.481 e. The van der Waals surface area contributed by atoms with Crippen LogP contribution in [0.1, 0.15) is 29.7 Å². The summed E-state index contributed by atoms with van der Waals surface area (Å²) in [6.45, 7) is 1.22. The number of carboxylic acid groups (broad SMARTS) is 1. The van der Waals surface area contributed by atoms with E-state index in [1.165, 1.54) is 6.92 Å². The maximum Gasteiger partial charge on any atom is 0.316 e. The van der Waals surface area contributed by atoms with Crippen LogP contribution in [-0.2, 0) is 10.2 Å². The monoisotopic (exact) mass is 491 g/mol. The second-order valence-electron chi connectivity index (χ2n) is 8.53. The van der Waals surface area contributed by atoms with Crippen LogP contribution >= 0.6 is 23.2 Å². The van der Waals surface area contributed by atoms with Crippen LogP contribution in [0.4, 0.5) is 8.78 Å². The SMILES string of the molecule is CC(C(=O)O)(c1cc(F)cc(F)c1)C1(O)CN(C(c2ccc(Cl)cc2)c2ccc(Cl)cc2)C1. The van der Waals surface area contributed by atoms with Gasteiger partial charge in [0.15, 0.2) is 0 Å². The molecule has 1 atom stereocenters. The summed E-state index contributed by atoms with van der Waals surface area (Å²) in [5, 5.41) is 22.6. The van der Waals surface area contributed by atoms with Crippen molar-refractivity contribution in [2.24, 2.45) is 0 Å². The van der Waals surface area contributed by atoms with Crippen molar-refractivity contribution in [2.75, 3.05) is 13.1 Å². The minimum absolute atomic E-state index is 0.0378. The lowest BCUT2D eigenvalue weighted by atomic mass is 9.64. The molecule has 2 N–H and O–H groups in total. The summed E-state index contributed by atoms with van der Waals surface area (Å²) >= 11 is 12.1. The van der Waals surface area contributed by atoms with Crippen molar-refractivity contribution in [3.05, 3.63) is 105 Å². The Kier molecular flexibility index (Phi) is 6.22. The number of nitrogens with zero attached hydrogens (tertiary/aromatic N) is 1. The van der Waals surface area contributed by atoms with Gasteiger partial charge in [0, 0.05) is 29.2 Å². The lowest BCUT2D eigenvalue weighted by Gasteiger charge is -2.56. The van der Waals surface area contributed by atoms with Gasteiger partial charge in [0.1, 0.15) is 22.7 Å². The first-order chi connectivity index (χ1) is 15.5. The molecule has 0 aliphatic carbocycles. The first-order valence-corrected chi connectivity index (χ1v) is 11.0. The number of carboxylic acids is 1. The normalized spacial score (nSPS) is 17.4. The summed E-state index contributed by atoms with van der Waals surface area (Å²) in [6.07, 6.45) is 0. The molecule has 0 spiro atoms. The van der Waals surface area contributed by atoms with Crippen LogP contribution < -0.4 is 0 Å². The molecule has 0 bridgehead atoms. The van der Waals surface area contributed by atoms with Crippen molar-refractivity contribution in [1.82, 2.24) is 4.90 Å². The molecular weight excluding hydrogens is 471 g/mol. The van der Waals surface area contributed by atoms with Crippen molar-refractivity contribution < 1.29 is 23.8 Å². The summed E-state index contributed by atoms with van der Waals surface area (Å²) in [5.74, 6) is -3.18. The zero-order valence-electron chi connectivity index (χ0n) is 17.6. The van der Waals surface area contributed by atoms with E-state index in [4.69, 9.17) is 23.2 Å². The molecule has 0 saturated carbocycles. The topological polar surface area (TPSA) is 60.8 Å². The Bertz CT molecular complexity index is 1120. The predicted molar refractivity (Wildman–Crippen MR) is 123 cm³/mol. The van der Waals surface area contributed by atoms with Crippen molar-refractivity contribution in [2.45, 2.75) is 24.0 Å². The quantitative estimate of drug-likeness (QED) is 0.481. The third-order valence-electron chi connectivity index (χ3n) is 6.46. The number of halogens is 4. The molecule has 1 heterocycles. The van der Waals surface area contributed by atoms with Crippen molar-refractivity contribution in [3.8, 4) is 0 Å². The number of hydrogen-bond donors (Lipinski definition) is 2. The Balaban J connectivity index is 1.71. The van der Waals surface area contributed by atoms with Gasteiger partial charge in [-0.05, 0) is 60.0 Å². The number of benzene rings is 3. The van der Waals surface area contributed by atoms with E-state index in [0.29, 0.717) is 16.1 Å². The Morgan fingerprint density at radius 2 is 1.36 bits per heavy atom. The highest BCUT2D eigenvalue weighted by Crippen LogP contribution is 2.46. The van der Waals surface area contributed by atoms with Gasteiger partial charge < -0.3 is 10.2 Å². The molecule has 1 aliphatic rings. The van der Waals surface area contributed by atoms with Crippen molar-refractivity contribution >= 4 is 29.2 Å². The van der Waals surface area contributed by atoms with E-state index in [1.807, 2.05) is 29.2 Å². The average Bonchev–Trinajstić information content (AvgIpc) is 2.73. The molecule has 33 heavy (non-hydrogen) atoms. The molecule has 3 aromatic rings. The van der Waals surface area contributed by atoms with E-state index in [2.05, 4.69) is 0 Å². The summed E-state index contributed by atoms with van der Waals surface area (Å²) < 4.78 is 27.8. The van der Waals surface area contributed by atoms with Gasteiger partial charge in [-0.2, -0.15) is 0 Å². The van der Waals surface area contributed by atoms with E-state index >= 15 is 0 Å². The number of aliphatic hydroxyl groups is 1. The van der Waals surface area contributed by atoms with Gasteiger partial charge in [-0.3, -0.25) is 9.69 Å². The predicted octanol–water partition coefficient (Wildman–Crippen LogP) is 5.45. The summed E-state index contributed by atoms with van der Waals surface area (Å²) in [5.41, 5.74) is -2.06. The third-order valence-corrected chi connectivity index (χ3v) is 6.97. The number of carbonyl (C=O) groups is 1. The highest BCUT2D eigenvalue weighted by Gasteiger charge is 2.61. The van der Waals surface area contributed by atoms with Gasteiger partial charge in [-0.25, -0.2) is 8.78 Å². The maximum atomic E-state index is 13.9. The Hall–Kier alpha value is -2.51. The van der Waals surface area contributed by atoms with Gasteiger partial charge >= 0.3 is 5.97 Å². The smallest absolute Gasteiger partial charge is 0.316 e. The molecule has 3 aromatic carbocycles. The van der Waals surface area contributed by atoms with E-state index in [9.17, 15) is 23.8 Å². The molecule has 1 fully saturated rings. The molecule has 172 valence electrons. The first-order valence-electron chi connectivity index (χ1n) is 10.2. The first kappa shape index (κ1) is 23.6. The molecule has 0 amide bonds. The highest BCUT2D eigenvalue weighted by atomic mass is 35.5. The molecule has 1 saturated heterocycles. The van der Waals surface area contributed by atoms with Crippen LogP contribution in [0.5, 0.6) is 0 Å². The number of aliphatic carboxylic acids is 1. The average molecular weight is 492 g/mol. The lowest BCUT2D eigenvalue weighted by molar-refractivity contribution is -0.182. The Morgan fingerprint density at radius 1 is 0.939 bits per heavy atom. The Morgan fingerprint density at radius 3 is 1.76 bits per heavy atom. The van der Waals surface area contributed by atoms with Crippen LogP contribution in [-0.4, -0.2) is 39.8 Å². The molecule has 0 aromatic heterocycles. The third kappa shape index (κ3) is 4.24. The molecule has 1 aliphatic heterocycles. The summed E-state index contributed by atoms with van der Waals surface area (Å²) in [6, 6.07) is 16.7. The van der Waals surface area contributed by atoms with E-state index < -0.39 is 28.6 Å². The Labute approximate surface area is 200 Å². The second-order valence-corrected chi connectivity index (χ2v) is 9.40. The molecule has 0 radical (unpaired) electrons. The van der Waals surface area contributed by atoms with Gasteiger partial charge in [0.25, 0.3) is 0 Å². The fraction of sp³-hybridized carbons (Fsp3) is 0.240. The molecule has 8 heteroatoms. The number of likely N-dealkylation sites (tertiary alicyclic amines) is 1. The molecule has 4 nitrogen and oxygen atoms in total. The van der Waals surface area contributed by atoms with Crippen molar-refractivity contribution in [1.29, 1.82) is 0 Å². The van der Waals surface area contributed by atoms with Crippen LogP contribution in [0, 0.1) is 11.6 Å². The standard InChI is InChI=1S/C25H21Cl2F2NO3/c1-24(23(31)32,17-10-20(28)12-21(29)11-17)25(33)13-30(14-25)22(15-2-6-18(26)7-3-15)16-4-8-19(27)9-5-16/h2-12,22,33H,13-14H2,1H3,(H,31,32). The fourth-order valence-electron chi connectivity index (χ4n) is 4.46. The van der Waals surface area contributed by atoms with Crippen LogP contribution in [0.3, 0.4) is 0 Å². The van der Waals surface area contributed by atoms with Gasteiger partial charge in [-0.15, -0.1) is 0 Å². The highest BCUT2D eigenvalue weighted by molar-refractivity contribution is 6.30. The second kappa shape index (κ2) is 8.69. The number of rotatable bonds is 6. The maximum absolute atomic E-state index is 13.9. The van der Waals surface area contributed by atoms with E-state index in [-0.39, 0.29) is 24.7 Å². The fourth-order valence-corrected chi connectivity index (χ4v) is 4.71. The molecule has 1 unspecified atom stereocenters. The van der Waals surface area contributed by atoms with Crippen LogP contribution in [0.2, 0.25) is 10.0 Å². The minimum Gasteiger partial charge on any atom is -0.481 e. The van der Waals surface area contributed by atoms with Gasteiger partial charge in [0.2, 0.25) is 0 Å². The lowest BCUT2D eigenvalue weighted by Crippen LogP contribution is -2.73. The number of β-amino-alcohol motifs (C(OH)–C–C–N with tert-alkyl or cyclic N) is 1. The zero-order chi connectivity index (χ0) is 24.0.